The van der Waals surface area contributed by atoms with Crippen LogP contribution in [0.1, 0.15) is 10.4 Å². The van der Waals surface area contributed by atoms with E-state index in [9.17, 15) is 31.2 Å². The van der Waals surface area contributed by atoms with Crippen LogP contribution in [0.5, 0.6) is 0 Å². The lowest BCUT2D eigenvalue weighted by atomic mass is 10.2. The van der Waals surface area contributed by atoms with Crippen molar-refractivity contribution in [3.63, 3.8) is 0 Å². The van der Waals surface area contributed by atoms with E-state index in [0.717, 1.165) is 10.4 Å². The molecule has 32 heavy (non-hydrogen) atoms. The van der Waals surface area contributed by atoms with Gasteiger partial charge in [0.1, 0.15) is 6.54 Å². The quantitative estimate of drug-likeness (QED) is 0.428. The maximum Gasteiger partial charge on any atom is 0.405 e. The van der Waals surface area contributed by atoms with Gasteiger partial charge in [0.15, 0.2) is 6.61 Å². The van der Waals surface area contributed by atoms with Crippen LogP contribution in [0, 0.1) is 0 Å². The van der Waals surface area contributed by atoms with Gasteiger partial charge in [0, 0.05) is 5.02 Å². The summed E-state index contributed by atoms with van der Waals surface area (Å²) in [7, 11) is -4.13. The molecule has 0 saturated carbocycles. The summed E-state index contributed by atoms with van der Waals surface area (Å²) in [5.74, 6) is -2.23. The molecule has 0 bridgehead atoms. The molecular weight excluding hydrogens is 473 g/mol. The van der Waals surface area contributed by atoms with Gasteiger partial charge in [0.05, 0.1) is 22.7 Å². The van der Waals surface area contributed by atoms with Crippen molar-refractivity contribution >= 4 is 39.2 Å². The minimum Gasteiger partial charge on any atom is -0.452 e. The Morgan fingerprint density at radius 3 is 2.41 bits per heavy atom. The van der Waals surface area contributed by atoms with Gasteiger partial charge < -0.3 is 10.1 Å². The second-order valence-corrected chi connectivity index (χ2v) is 8.60. The smallest absolute Gasteiger partial charge is 0.405 e. The number of sulfonamides is 1. The molecule has 0 heterocycles. The van der Waals surface area contributed by atoms with Crippen molar-refractivity contribution < 1.29 is 35.9 Å². The summed E-state index contributed by atoms with van der Waals surface area (Å²) in [5.41, 5.74) is 0.105. The number of carbonyl (C=O) groups is 2. The summed E-state index contributed by atoms with van der Waals surface area (Å²) in [6.07, 6.45) is -3.23. The van der Waals surface area contributed by atoms with E-state index in [4.69, 9.17) is 11.6 Å². The van der Waals surface area contributed by atoms with E-state index in [1.54, 1.807) is 5.32 Å². The van der Waals surface area contributed by atoms with Gasteiger partial charge in [0.2, 0.25) is 0 Å². The molecule has 1 amide bonds. The average Bonchev–Trinajstić information content (AvgIpc) is 2.74. The first kappa shape index (κ1) is 25.2. The molecule has 0 saturated heterocycles. The second-order valence-electron chi connectivity index (χ2n) is 6.30. The predicted molar refractivity (Wildman–Crippen MR) is 112 cm³/mol. The average molecular weight is 491 g/mol. The molecule has 0 aliphatic heterocycles. The zero-order valence-corrected chi connectivity index (χ0v) is 18.0. The Bertz CT molecular complexity index is 1090. The molecule has 0 unspecified atom stereocenters. The van der Waals surface area contributed by atoms with Crippen LogP contribution >= 0.6 is 11.6 Å². The summed E-state index contributed by atoms with van der Waals surface area (Å²) in [6, 6.07) is 10.9. The van der Waals surface area contributed by atoms with Gasteiger partial charge in [-0.05, 0) is 42.5 Å². The van der Waals surface area contributed by atoms with Gasteiger partial charge in [-0.1, -0.05) is 23.7 Å². The fourth-order valence-electron chi connectivity index (χ4n) is 2.44. The number of nitrogens with one attached hydrogen (secondary N) is 1. The first-order chi connectivity index (χ1) is 14.9. The van der Waals surface area contributed by atoms with E-state index < -0.39 is 41.2 Å². The van der Waals surface area contributed by atoms with Gasteiger partial charge in [0.25, 0.3) is 15.9 Å². The van der Waals surface area contributed by atoms with Crippen LogP contribution in [0.15, 0.2) is 66.1 Å². The summed E-state index contributed by atoms with van der Waals surface area (Å²) >= 11 is 5.85. The maximum atomic E-state index is 13.2. The molecule has 0 aromatic heterocycles. The lowest BCUT2D eigenvalue weighted by molar-refractivity contribution is -0.140. The molecule has 0 aliphatic carbocycles. The van der Waals surface area contributed by atoms with Crippen molar-refractivity contribution in [1.82, 2.24) is 5.32 Å². The maximum absolute atomic E-state index is 13.2. The first-order valence-electron chi connectivity index (χ1n) is 8.94. The highest BCUT2D eigenvalue weighted by Gasteiger charge is 2.28. The normalized spacial score (nSPS) is 11.5. The van der Waals surface area contributed by atoms with Crippen LogP contribution < -0.4 is 9.62 Å². The van der Waals surface area contributed by atoms with Crippen molar-refractivity contribution in [2.75, 3.05) is 24.0 Å². The Hall–Kier alpha value is -3.05. The predicted octanol–water partition coefficient (Wildman–Crippen LogP) is 3.56. The lowest BCUT2D eigenvalue weighted by Gasteiger charge is -2.23. The van der Waals surface area contributed by atoms with Crippen LogP contribution in [0.25, 0.3) is 0 Å². The minimum absolute atomic E-state index is 0.0714. The van der Waals surface area contributed by atoms with E-state index in [-0.39, 0.29) is 17.0 Å². The molecule has 2 rings (SSSR count). The summed E-state index contributed by atoms with van der Waals surface area (Å²) in [6.45, 7) is 0.954. The van der Waals surface area contributed by atoms with Crippen LogP contribution in [-0.4, -0.2) is 46.2 Å². The molecule has 2 aromatic carbocycles. The van der Waals surface area contributed by atoms with Crippen molar-refractivity contribution in [2.45, 2.75) is 11.1 Å². The molecule has 1 N–H and O–H groups in total. The minimum atomic E-state index is -4.61. The number of carbonyl (C=O) groups excluding carboxylic acids is 2. The second kappa shape index (κ2) is 10.5. The third-order valence-electron chi connectivity index (χ3n) is 3.89. The Kier molecular flexibility index (Phi) is 8.28. The molecule has 0 spiro atoms. The number of halogens is 4. The third-order valence-corrected chi connectivity index (χ3v) is 5.93. The van der Waals surface area contributed by atoms with Crippen LogP contribution in [0.3, 0.4) is 0 Å². The van der Waals surface area contributed by atoms with Gasteiger partial charge in [-0.25, -0.2) is 13.2 Å². The summed E-state index contributed by atoms with van der Waals surface area (Å²) in [4.78, 5) is 23.3. The molecule has 172 valence electrons. The number of benzene rings is 2. The number of esters is 1. The highest BCUT2D eigenvalue weighted by atomic mass is 35.5. The van der Waals surface area contributed by atoms with Gasteiger partial charge in [-0.2, -0.15) is 13.2 Å². The molecule has 12 heteroatoms. The lowest BCUT2D eigenvalue weighted by Crippen LogP contribution is -2.36. The van der Waals surface area contributed by atoms with Crippen molar-refractivity contribution in [3.05, 3.63) is 71.8 Å². The Morgan fingerprint density at radius 1 is 1.16 bits per heavy atom. The first-order valence-corrected chi connectivity index (χ1v) is 10.8. The number of anilines is 1. The van der Waals surface area contributed by atoms with Crippen molar-refractivity contribution in [1.29, 1.82) is 0 Å². The van der Waals surface area contributed by atoms with E-state index in [2.05, 4.69) is 11.3 Å². The number of hydrogen-bond donors (Lipinski definition) is 1. The highest BCUT2D eigenvalue weighted by molar-refractivity contribution is 7.92. The number of nitrogens with zero attached hydrogens (tertiary/aromatic N) is 1. The van der Waals surface area contributed by atoms with Gasteiger partial charge >= 0.3 is 12.1 Å². The number of alkyl halides is 3. The number of amides is 1. The largest absolute Gasteiger partial charge is 0.452 e. The zero-order chi connectivity index (χ0) is 23.9. The van der Waals surface area contributed by atoms with Crippen LogP contribution in [-0.2, 0) is 19.6 Å². The Labute approximate surface area is 187 Å². The molecule has 0 radical (unpaired) electrons. The van der Waals surface area contributed by atoms with Crippen LogP contribution in [0.4, 0.5) is 18.9 Å². The highest BCUT2D eigenvalue weighted by Crippen LogP contribution is 2.26. The molecule has 0 aliphatic rings. The number of rotatable bonds is 9. The summed E-state index contributed by atoms with van der Waals surface area (Å²) < 4.78 is 68.3. The molecular formula is C20H18ClF3N2O5S. The van der Waals surface area contributed by atoms with E-state index in [1.165, 1.54) is 48.5 Å². The summed E-state index contributed by atoms with van der Waals surface area (Å²) in [5, 5.41) is 1.96. The van der Waals surface area contributed by atoms with Crippen molar-refractivity contribution in [3.8, 4) is 0 Å². The van der Waals surface area contributed by atoms with E-state index >= 15 is 0 Å². The SMILES string of the molecule is C=CCN(c1ccc(Cl)cc1)S(=O)(=O)c1cccc(C(=O)OCC(=O)NCC(F)(F)F)c1. The van der Waals surface area contributed by atoms with E-state index in [1.807, 2.05) is 0 Å². The Morgan fingerprint density at radius 2 is 1.81 bits per heavy atom. The molecule has 7 nitrogen and oxygen atoms in total. The number of ether oxygens (including phenoxy) is 1. The third kappa shape index (κ3) is 6.99. The topological polar surface area (TPSA) is 92.8 Å². The fourth-order valence-corrected chi connectivity index (χ4v) is 4.05. The van der Waals surface area contributed by atoms with Crippen molar-refractivity contribution in [2.24, 2.45) is 0 Å². The van der Waals surface area contributed by atoms with E-state index in [0.29, 0.717) is 10.7 Å². The standard InChI is InChI=1S/C20H18ClF3N2O5S/c1-2-10-26(16-8-6-15(21)7-9-16)32(29,30)17-5-3-4-14(11-17)19(28)31-12-18(27)25-13-20(22,23)24/h2-9,11H,1,10,12-13H2,(H,25,27). The fraction of sp³-hybridized carbons (Fsp3) is 0.200. The molecule has 2 aromatic rings. The zero-order valence-electron chi connectivity index (χ0n) is 16.4. The monoisotopic (exact) mass is 490 g/mol. The van der Waals surface area contributed by atoms with Crippen LogP contribution in [0.2, 0.25) is 5.02 Å². The van der Waals surface area contributed by atoms with Gasteiger partial charge in [-0.3, -0.25) is 9.10 Å². The molecule has 0 atom stereocenters. The number of hydrogen-bond acceptors (Lipinski definition) is 5. The Balaban J connectivity index is 2.19. The van der Waals surface area contributed by atoms with Gasteiger partial charge in [-0.15, -0.1) is 6.58 Å². The molecule has 0 fully saturated rings.